The molecule has 1 aliphatic heterocycles. The van der Waals surface area contributed by atoms with Crippen LogP contribution in [0.3, 0.4) is 0 Å². The molecule has 0 spiro atoms. The van der Waals surface area contributed by atoms with Crippen molar-refractivity contribution in [1.82, 2.24) is 20.1 Å². The first-order chi connectivity index (χ1) is 14.4. The molecule has 1 amide bonds. The van der Waals surface area contributed by atoms with E-state index in [1.54, 1.807) is 23.2 Å². The number of anilines is 1. The summed E-state index contributed by atoms with van der Waals surface area (Å²) in [4.78, 5) is 20.7. The maximum absolute atomic E-state index is 12.7. The molecule has 1 aliphatic rings. The van der Waals surface area contributed by atoms with Crippen LogP contribution in [0.15, 0.2) is 42.6 Å². The van der Waals surface area contributed by atoms with Crippen LogP contribution in [0.25, 0.3) is 11.3 Å². The monoisotopic (exact) mass is 421 g/mol. The Morgan fingerprint density at radius 1 is 0.933 bits per heavy atom. The molecular formula is C23H24ClN5O. The summed E-state index contributed by atoms with van der Waals surface area (Å²) in [6, 6.07) is 11.8. The quantitative estimate of drug-likeness (QED) is 0.596. The van der Waals surface area contributed by atoms with E-state index in [0.717, 1.165) is 17.1 Å². The molecule has 3 aromatic rings. The summed E-state index contributed by atoms with van der Waals surface area (Å²) in [6.45, 7) is 8.92. The minimum Gasteiger partial charge on any atom is -0.352 e. The normalized spacial score (nSPS) is 14.1. The Kier molecular flexibility index (Phi) is 5.68. The first-order valence-corrected chi connectivity index (χ1v) is 10.4. The van der Waals surface area contributed by atoms with Gasteiger partial charge in [0.2, 0.25) is 0 Å². The summed E-state index contributed by atoms with van der Waals surface area (Å²) in [5, 5.41) is 9.17. The highest BCUT2D eigenvalue weighted by Crippen LogP contribution is 2.26. The molecule has 154 valence electrons. The number of benzene rings is 1. The van der Waals surface area contributed by atoms with Crippen molar-refractivity contribution in [3.05, 3.63) is 70.0 Å². The lowest BCUT2D eigenvalue weighted by atomic mass is 9.99. The molecule has 0 atom stereocenters. The lowest BCUT2D eigenvalue weighted by Gasteiger charge is -2.35. The van der Waals surface area contributed by atoms with E-state index in [1.165, 1.54) is 16.7 Å². The van der Waals surface area contributed by atoms with E-state index < -0.39 is 0 Å². The zero-order valence-electron chi connectivity index (χ0n) is 17.4. The van der Waals surface area contributed by atoms with Gasteiger partial charge in [0.1, 0.15) is 5.15 Å². The van der Waals surface area contributed by atoms with Gasteiger partial charge in [-0.2, -0.15) is 0 Å². The molecule has 0 saturated carbocycles. The third-order valence-electron chi connectivity index (χ3n) is 5.65. The van der Waals surface area contributed by atoms with Crippen LogP contribution in [0.1, 0.15) is 27.0 Å². The van der Waals surface area contributed by atoms with E-state index in [0.29, 0.717) is 31.7 Å². The highest BCUT2D eigenvalue weighted by molar-refractivity contribution is 6.32. The molecule has 0 radical (unpaired) electrons. The minimum atomic E-state index is -0.0839. The van der Waals surface area contributed by atoms with Crippen molar-refractivity contribution >= 4 is 23.3 Å². The summed E-state index contributed by atoms with van der Waals surface area (Å²) in [6.07, 6.45) is 1.58. The molecule has 6 nitrogen and oxygen atoms in total. The number of halogens is 1. The van der Waals surface area contributed by atoms with E-state index in [-0.39, 0.29) is 11.1 Å². The van der Waals surface area contributed by atoms with Crippen LogP contribution in [-0.4, -0.2) is 52.2 Å². The summed E-state index contributed by atoms with van der Waals surface area (Å²) < 4.78 is 0. The predicted molar refractivity (Wildman–Crippen MR) is 119 cm³/mol. The molecule has 0 aliphatic carbocycles. The number of carbonyl (C=O) groups excluding carboxylic acids is 1. The number of hydrogen-bond donors (Lipinski definition) is 0. The maximum Gasteiger partial charge on any atom is 0.257 e. The molecule has 0 bridgehead atoms. The van der Waals surface area contributed by atoms with Crippen molar-refractivity contribution in [3.63, 3.8) is 0 Å². The predicted octanol–water partition coefficient (Wildman–Crippen LogP) is 4.08. The van der Waals surface area contributed by atoms with Gasteiger partial charge in [-0.15, -0.1) is 10.2 Å². The molecule has 0 unspecified atom stereocenters. The second-order valence-electron chi connectivity index (χ2n) is 7.65. The standard InChI is InChI=1S/C23H24ClN5O/c1-15-13-17(3)19(14-16(15)2)20-6-7-21(27-26-20)28-9-11-29(12-10-28)23(30)18-5-4-8-25-22(18)24/h4-8,13-14H,9-12H2,1-3H3. The summed E-state index contributed by atoms with van der Waals surface area (Å²) in [5.41, 5.74) is 6.15. The van der Waals surface area contributed by atoms with Gasteiger partial charge in [-0.25, -0.2) is 4.98 Å². The van der Waals surface area contributed by atoms with Crippen LogP contribution in [0.2, 0.25) is 5.15 Å². The summed E-state index contributed by atoms with van der Waals surface area (Å²) >= 11 is 6.07. The zero-order valence-corrected chi connectivity index (χ0v) is 18.1. The van der Waals surface area contributed by atoms with E-state index >= 15 is 0 Å². The number of amides is 1. The van der Waals surface area contributed by atoms with Crippen molar-refractivity contribution < 1.29 is 4.79 Å². The van der Waals surface area contributed by atoms with Gasteiger partial charge in [-0.05, 0) is 67.8 Å². The molecule has 3 heterocycles. The molecule has 7 heteroatoms. The Morgan fingerprint density at radius 2 is 1.67 bits per heavy atom. The Balaban J connectivity index is 1.44. The van der Waals surface area contributed by atoms with Crippen molar-refractivity contribution in [2.24, 2.45) is 0 Å². The number of piperazine rings is 1. The number of pyridine rings is 1. The van der Waals surface area contributed by atoms with Crippen molar-refractivity contribution in [2.75, 3.05) is 31.1 Å². The zero-order chi connectivity index (χ0) is 21.3. The van der Waals surface area contributed by atoms with Gasteiger partial charge in [0, 0.05) is 37.9 Å². The van der Waals surface area contributed by atoms with Gasteiger partial charge < -0.3 is 9.80 Å². The number of nitrogens with zero attached hydrogens (tertiary/aromatic N) is 5. The van der Waals surface area contributed by atoms with Gasteiger partial charge in [-0.1, -0.05) is 17.7 Å². The molecule has 1 aromatic carbocycles. The van der Waals surface area contributed by atoms with E-state index in [2.05, 4.69) is 53.0 Å². The van der Waals surface area contributed by atoms with Crippen molar-refractivity contribution in [2.45, 2.75) is 20.8 Å². The van der Waals surface area contributed by atoms with Crippen LogP contribution in [0, 0.1) is 20.8 Å². The van der Waals surface area contributed by atoms with Gasteiger partial charge >= 0.3 is 0 Å². The smallest absolute Gasteiger partial charge is 0.257 e. The third-order valence-corrected chi connectivity index (χ3v) is 5.95. The lowest BCUT2D eigenvalue weighted by molar-refractivity contribution is 0.0746. The summed E-state index contributed by atoms with van der Waals surface area (Å²) in [5.74, 6) is 0.742. The van der Waals surface area contributed by atoms with Crippen LogP contribution < -0.4 is 4.90 Å². The molecule has 1 fully saturated rings. The fourth-order valence-corrected chi connectivity index (χ4v) is 3.93. The average Bonchev–Trinajstić information content (AvgIpc) is 2.76. The van der Waals surface area contributed by atoms with Crippen molar-refractivity contribution in [1.29, 1.82) is 0 Å². The Bertz CT molecular complexity index is 1080. The fraction of sp³-hybridized carbons (Fsp3) is 0.304. The number of carbonyl (C=O) groups is 1. The SMILES string of the molecule is Cc1cc(C)c(-c2ccc(N3CCN(C(=O)c4cccnc4Cl)CC3)nn2)cc1C. The number of hydrogen-bond acceptors (Lipinski definition) is 5. The van der Waals surface area contributed by atoms with E-state index in [4.69, 9.17) is 11.6 Å². The van der Waals surface area contributed by atoms with E-state index in [1.807, 2.05) is 12.1 Å². The molecule has 4 rings (SSSR count). The summed E-state index contributed by atoms with van der Waals surface area (Å²) in [7, 11) is 0. The highest BCUT2D eigenvalue weighted by atomic mass is 35.5. The Morgan fingerprint density at radius 3 is 2.33 bits per heavy atom. The second kappa shape index (κ2) is 8.40. The first-order valence-electron chi connectivity index (χ1n) is 10.0. The topological polar surface area (TPSA) is 62.2 Å². The van der Waals surface area contributed by atoms with Gasteiger partial charge in [0.05, 0.1) is 11.3 Å². The Labute approximate surface area is 181 Å². The minimum absolute atomic E-state index is 0.0839. The van der Waals surface area contributed by atoms with Crippen LogP contribution >= 0.6 is 11.6 Å². The number of aryl methyl sites for hydroxylation is 3. The van der Waals surface area contributed by atoms with Crippen LogP contribution in [0.4, 0.5) is 5.82 Å². The Hall–Kier alpha value is -2.99. The molecule has 2 aromatic heterocycles. The number of rotatable bonds is 3. The fourth-order valence-electron chi connectivity index (χ4n) is 3.73. The number of aromatic nitrogens is 3. The average molecular weight is 422 g/mol. The molecule has 30 heavy (non-hydrogen) atoms. The molecule has 0 N–H and O–H groups in total. The van der Waals surface area contributed by atoms with Gasteiger partial charge in [0.25, 0.3) is 5.91 Å². The first kappa shape index (κ1) is 20.3. The largest absolute Gasteiger partial charge is 0.352 e. The lowest BCUT2D eigenvalue weighted by Crippen LogP contribution is -2.49. The van der Waals surface area contributed by atoms with Crippen LogP contribution in [0.5, 0.6) is 0 Å². The van der Waals surface area contributed by atoms with Gasteiger partial charge in [-0.3, -0.25) is 4.79 Å². The van der Waals surface area contributed by atoms with Gasteiger partial charge in [0.15, 0.2) is 5.82 Å². The highest BCUT2D eigenvalue weighted by Gasteiger charge is 2.24. The maximum atomic E-state index is 12.7. The van der Waals surface area contributed by atoms with Crippen LogP contribution in [-0.2, 0) is 0 Å². The van der Waals surface area contributed by atoms with E-state index in [9.17, 15) is 4.79 Å². The molecule has 1 saturated heterocycles. The third kappa shape index (κ3) is 4.00. The molecular weight excluding hydrogens is 398 g/mol. The van der Waals surface area contributed by atoms with Crippen molar-refractivity contribution in [3.8, 4) is 11.3 Å². The second-order valence-corrected chi connectivity index (χ2v) is 8.01.